The molecule has 0 spiro atoms. The number of methoxy groups -OCH3 is 1. The summed E-state index contributed by atoms with van der Waals surface area (Å²) in [6, 6.07) is 1.70. The molecule has 0 aliphatic rings. The SMILES string of the molecule is COc1ncnc(C(=O)CC(C)c2ncc(C(=O)Nc3cc(C(C)(C)C)c(Cl)nn3)s2)c1Cl. The predicted molar refractivity (Wildman–Crippen MR) is 127 cm³/mol. The van der Waals surface area contributed by atoms with Gasteiger partial charge in [0.1, 0.15) is 21.9 Å². The van der Waals surface area contributed by atoms with Crippen molar-refractivity contribution in [3.05, 3.63) is 49.9 Å². The second-order valence-corrected chi connectivity index (χ2v) is 10.1. The number of thiazole rings is 1. The van der Waals surface area contributed by atoms with Gasteiger partial charge in [-0.1, -0.05) is 50.9 Å². The number of rotatable bonds is 7. The summed E-state index contributed by atoms with van der Waals surface area (Å²) in [5, 5.41) is 11.6. The van der Waals surface area contributed by atoms with E-state index in [2.05, 4.69) is 30.5 Å². The summed E-state index contributed by atoms with van der Waals surface area (Å²) in [4.78, 5) is 37.9. The molecule has 0 aliphatic carbocycles. The average molecular weight is 509 g/mol. The maximum Gasteiger partial charge on any atom is 0.268 e. The van der Waals surface area contributed by atoms with Gasteiger partial charge in [0.25, 0.3) is 5.91 Å². The lowest BCUT2D eigenvalue weighted by Crippen LogP contribution is -2.17. The molecule has 0 saturated carbocycles. The van der Waals surface area contributed by atoms with Crippen LogP contribution >= 0.6 is 34.5 Å². The van der Waals surface area contributed by atoms with Crippen LogP contribution in [0.4, 0.5) is 5.82 Å². The molecule has 3 aromatic heterocycles. The Bertz CT molecular complexity index is 1190. The van der Waals surface area contributed by atoms with Gasteiger partial charge >= 0.3 is 0 Å². The summed E-state index contributed by atoms with van der Waals surface area (Å²) in [5.41, 5.74) is 0.593. The summed E-state index contributed by atoms with van der Waals surface area (Å²) in [7, 11) is 1.41. The highest BCUT2D eigenvalue weighted by Crippen LogP contribution is 2.31. The van der Waals surface area contributed by atoms with Crippen LogP contribution in [0.3, 0.4) is 0 Å². The van der Waals surface area contributed by atoms with E-state index in [1.165, 1.54) is 31.0 Å². The van der Waals surface area contributed by atoms with Gasteiger partial charge in [0.2, 0.25) is 5.88 Å². The number of ketones is 1. The molecule has 1 unspecified atom stereocenters. The first-order chi connectivity index (χ1) is 15.5. The fourth-order valence-electron chi connectivity index (χ4n) is 2.91. The van der Waals surface area contributed by atoms with Crippen molar-refractivity contribution in [3.63, 3.8) is 0 Å². The second kappa shape index (κ2) is 10.1. The van der Waals surface area contributed by atoms with Gasteiger partial charge in [0.05, 0.1) is 18.3 Å². The summed E-state index contributed by atoms with van der Waals surface area (Å²) in [5.74, 6) is -0.488. The van der Waals surface area contributed by atoms with Crippen LogP contribution in [-0.2, 0) is 5.41 Å². The van der Waals surface area contributed by atoms with Crippen molar-refractivity contribution in [2.24, 2.45) is 0 Å². The topological polar surface area (TPSA) is 120 Å². The molecule has 3 rings (SSSR count). The molecule has 1 amide bonds. The number of ether oxygens (including phenoxy) is 1. The number of nitrogens with one attached hydrogen (secondary N) is 1. The molecule has 1 N–H and O–H groups in total. The van der Waals surface area contributed by atoms with Crippen molar-refractivity contribution < 1.29 is 14.3 Å². The fraction of sp³-hybridized carbons (Fsp3) is 0.381. The van der Waals surface area contributed by atoms with Crippen molar-refractivity contribution in [2.45, 2.75) is 45.4 Å². The Balaban J connectivity index is 1.70. The van der Waals surface area contributed by atoms with Crippen molar-refractivity contribution in [1.82, 2.24) is 25.1 Å². The molecule has 0 bridgehead atoms. The quantitative estimate of drug-likeness (QED) is 0.444. The number of nitrogens with zero attached hydrogens (tertiary/aromatic N) is 5. The molecule has 12 heteroatoms. The summed E-state index contributed by atoms with van der Waals surface area (Å²) < 4.78 is 5.03. The van der Waals surface area contributed by atoms with Crippen molar-refractivity contribution in [1.29, 1.82) is 0 Å². The Morgan fingerprint density at radius 3 is 2.58 bits per heavy atom. The van der Waals surface area contributed by atoms with Crippen molar-refractivity contribution in [3.8, 4) is 5.88 Å². The summed E-state index contributed by atoms with van der Waals surface area (Å²) >= 11 is 13.5. The monoisotopic (exact) mass is 508 g/mol. The van der Waals surface area contributed by atoms with E-state index in [1.807, 2.05) is 27.7 Å². The van der Waals surface area contributed by atoms with E-state index in [9.17, 15) is 9.59 Å². The zero-order valence-electron chi connectivity index (χ0n) is 18.6. The molecule has 9 nitrogen and oxygen atoms in total. The van der Waals surface area contributed by atoms with Crippen LogP contribution in [0.25, 0.3) is 0 Å². The van der Waals surface area contributed by atoms with Gasteiger partial charge in [-0.2, -0.15) is 0 Å². The Morgan fingerprint density at radius 1 is 1.18 bits per heavy atom. The third-order valence-electron chi connectivity index (χ3n) is 4.67. The van der Waals surface area contributed by atoms with E-state index in [0.29, 0.717) is 20.9 Å². The standard InChI is InChI=1S/C21H22Cl2N6O3S/c1-10(6-12(30)16-15(22)19(32-5)26-9-25-16)20-24-8-13(33-20)18(31)27-14-7-11(21(2,3)4)17(23)29-28-14/h7-10H,6H2,1-5H3,(H,27,28,31). The van der Waals surface area contributed by atoms with Gasteiger partial charge in [-0.25, -0.2) is 15.0 Å². The molecule has 1 atom stereocenters. The van der Waals surface area contributed by atoms with Crippen LogP contribution in [0.15, 0.2) is 18.6 Å². The van der Waals surface area contributed by atoms with E-state index >= 15 is 0 Å². The Kier molecular flexibility index (Phi) is 7.61. The Hall–Kier alpha value is -2.69. The van der Waals surface area contributed by atoms with Gasteiger partial charge in [-0.15, -0.1) is 21.5 Å². The number of hydrogen-bond donors (Lipinski definition) is 1. The zero-order valence-corrected chi connectivity index (χ0v) is 21.0. The minimum absolute atomic E-state index is 0.0649. The predicted octanol–water partition coefficient (Wildman–Crippen LogP) is 4.96. The lowest BCUT2D eigenvalue weighted by atomic mass is 9.88. The third-order valence-corrected chi connectivity index (χ3v) is 6.52. The maximum atomic E-state index is 12.7. The van der Waals surface area contributed by atoms with Gasteiger partial charge < -0.3 is 10.1 Å². The van der Waals surface area contributed by atoms with E-state index in [-0.39, 0.29) is 46.0 Å². The largest absolute Gasteiger partial charge is 0.480 e. The highest BCUT2D eigenvalue weighted by molar-refractivity contribution is 7.13. The normalized spacial score (nSPS) is 12.3. The van der Waals surface area contributed by atoms with Crippen LogP contribution in [0.2, 0.25) is 10.2 Å². The van der Waals surface area contributed by atoms with Crippen LogP contribution in [0, 0.1) is 0 Å². The molecule has 3 aromatic rings. The molecular formula is C21H22Cl2N6O3S. The fourth-order valence-corrected chi connectivity index (χ4v) is 4.43. The summed E-state index contributed by atoms with van der Waals surface area (Å²) in [6.07, 6.45) is 2.79. The number of aromatic nitrogens is 5. The second-order valence-electron chi connectivity index (χ2n) is 8.27. The van der Waals surface area contributed by atoms with Crippen molar-refractivity contribution >= 4 is 52.0 Å². The number of carbonyl (C=O) groups is 2. The Morgan fingerprint density at radius 2 is 1.91 bits per heavy atom. The van der Waals surface area contributed by atoms with E-state index in [1.54, 1.807) is 6.07 Å². The van der Waals surface area contributed by atoms with Crippen LogP contribution in [0.1, 0.15) is 70.8 Å². The highest BCUT2D eigenvalue weighted by Gasteiger charge is 2.23. The van der Waals surface area contributed by atoms with E-state index in [0.717, 1.165) is 5.56 Å². The Labute approximate surface area is 204 Å². The lowest BCUT2D eigenvalue weighted by Gasteiger charge is -2.20. The molecule has 0 saturated heterocycles. The first-order valence-electron chi connectivity index (χ1n) is 9.89. The first-order valence-corrected chi connectivity index (χ1v) is 11.5. The number of halogens is 2. The molecule has 3 heterocycles. The third kappa shape index (κ3) is 5.82. The number of carbonyl (C=O) groups excluding carboxylic acids is 2. The minimum atomic E-state index is -0.377. The van der Waals surface area contributed by atoms with Crippen LogP contribution in [0.5, 0.6) is 5.88 Å². The lowest BCUT2D eigenvalue weighted by molar-refractivity contribution is 0.0969. The van der Waals surface area contributed by atoms with Crippen LogP contribution in [-0.4, -0.2) is 43.9 Å². The number of Topliss-reactive ketones (excluding diaryl/α,β-unsaturated/α-hetero) is 1. The molecule has 174 valence electrons. The molecule has 33 heavy (non-hydrogen) atoms. The molecule has 0 aromatic carbocycles. The van der Waals surface area contributed by atoms with Crippen LogP contribution < -0.4 is 10.1 Å². The molecular weight excluding hydrogens is 487 g/mol. The van der Waals surface area contributed by atoms with Gasteiger partial charge in [0.15, 0.2) is 16.8 Å². The van der Waals surface area contributed by atoms with Gasteiger partial charge in [-0.3, -0.25) is 9.59 Å². The molecule has 0 radical (unpaired) electrons. The number of hydrogen-bond acceptors (Lipinski definition) is 9. The van der Waals surface area contributed by atoms with Gasteiger partial charge in [-0.05, 0) is 11.5 Å². The smallest absolute Gasteiger partial charge is 0.268 e. The average Bonchev–Trinajstić information content (AvgIpc) is 3.25. The van der Waals surface area contributed by atoms with E-state index < -0.39 is 0 Å². The minimum Gasteiger partial charge on any atom is -0.480 e. The number of anilines is 1. The van der Waals surface area contributed by atoms with Gasteiger partial charge in [0, 0.05) is 17.9 Å². The van der Waals surface area contributed by atoms with E-state index in [4.69, 9.17) is 27.9 Å². The number of amides is 1. The first kappa shape index (κ1) is 24.9. The molecule has 0 fully saturated rings. The highest BCUT2D eigenvalue weighted by atomic mass is 35.5. The maximum absolute atomic E-state index is 12.7. The summed E-state index contributed by atoms with van der Waals surface area (Å²) in [6.45, 7) is 7.81. The van der Waals surface area contributed by atoms with Crippen molar-refractivity contribution in [2.75, 3.05) is 12.4 Å². The zero-order chi connectivity index (χ0) is 24.3. The molecule has 0 aliphatic heterocycles.